The Kier molecular flexibility index (Phi) is 3.23. The zero-order valence-corrected chi connectivity index (χ0v) is 12.0. The topological polar surface area (TPSA) is 73.3 Å². The molecule has 0 radical (unpaired) electrons. The van der Waals surface area contributed by atoms with Crippen LogP contribution in [0.25, 0.3) is 16.9 Å². The number of nitrogens with zero attached hydrogens (tertiary/aromatic N) is 3. The Bertz CT molecular complexity index is 779. The van der Waals surface area contributed by atoms with Gasteiger partial charge in [0.1, 0.15) is 6.33 Å². The highest BCUT2D eigenvalue weighted by Crippen LogP contribution is 2.22. The predicted octanol–water partition coefficient (Wildman–Crippen LogP) is 2.39. The van der Waals surface area contributed by atoms with Crippen molar-refractivity contribution in [3.63, 3.8) is 0 Å². The molecule has 0 bridgehead atoms. The average molecular weight is 331 g/mol. The normalized spacial score (nSPS) is 10.8. The van der Waals surface area contributed by atoms with E-state index in [9.17, 15) is 4.79 Å². The molecule has 0 atom stereocenters. The summed E-state index contributed by atoms with van der Waals surface area (Å²) in [6.07, 6.45) is 1.41. The Morgan fingerprint density at radius 3 is 2.60 bits per heavy atom. The highest BCUT2D eigenvalue weighted by Gasteiger charge is 2.12. The van der Waals surface area contributed by atoms with Gasteiger partial charge in [0.15, 0.2) is 5.65 Å². The summed E-state index contributed by atoms with van der Waals surface area (Å²) < 4.78 is 1.63. The Morgan fingerprint density at radius 1 is 1.20 bits per heavy atom. The van der Waals surface area contributed by atoms with Gasteiger partial charge in [-0.15, -0.1) is 0 Å². The second-order valence-corrected chi connectivity index (χ2v) is 4.88. The maximum atomic E-state index is 11.4. The van der Waals surface area contributed by atoms with Crippen LogP contribution in [0.4, 0.5) is 0 Å². The minimum absolute atomic E-state index is 0.364. The number of pyridine rings is 1. The fourth-order valence-corrected chi connectivity index (χ4v) is 2.46. The first-order valence-corrected chi connectivity index (χ1v) is 7.10. The summed E-state index contributed by atoms with van der Waals surface area (Å²) >= 11 is 3.42. The largest absolute Gasteiger partial charge is 0.365 e. The molecule has 3 rings (SSSR count). The molecule has 1 aromatic carbocycles. The molecule has 0 aliphatic carbocycles. The van der Waals surface area contributed by atoms with E-state index < -0.39 is 5.91 Å². The first-order chi connectivity index (χ1) is 9.70. The zero-order valence-electron chi connectivity index (χ0n) is 10.5. The van der Waals surface area contributed by atoms with Crippen molar-refractivity contribution in [2.45, 2.75) is 5.33 Å². The van der Waals surface area contributed by atoms with E-state index in [1.165, 1.54) is 11.9 Å². The number of fused-ring (bicyclic) bond motifs is 1. The second-order valence-electron chi connectivity index (χ2n) is 4.32. The van der Waals surface area contributed by atoms with Crippen molar-refractivity contribution in [3.05, 3.63) is 53.9 Å². The van der Waals surface area contributed by atoms with Crippen molar-refractivity contribution in [1.82, 2.24) is 14.6 Å². The fraction of sp³-hybridized carbons (Fsp3) is 0.0714. The molecule has 5 nitrogen and oxygen atoms in total. The van der Waals surface area contributed by atoms with Crippen LogP contribution in [-0.4, -0.2) is 20.5 Å². The molecule has 0 spiro atoms. The molecule has 0 aliphatic rings. The molecular formula is C14H11BrN4O. The van der Waals surface area contributed by atoms with Crippen LogP contribution in [-0.2, 0) is 5.33 Å². The van der Waals surface area contributed by atoms with Gasteiger partial charge in [-0.1, -0.05) is 40.2 Å². The molecular weight excluding hydrogens is 320 g/mol. The third-order valence-electron chi connectivity index (χ3n) is 3.09. The Balaban J connectivity index is 2.19. The number of halogens is 1. The Labute approximate surface area is 123 Å². The maximum absolute atomic E-state index is 11.4. The van der Waals surface area contributed by atoms with Gasteiger partial charge in [-0.3, -0.25) is 4.79 Å². The number of primary amides is 1. The molecule has 2 aromatic heterocycles. The summed E-state index contributed by atoms with van der Waals surface area (Å²) in [6, 6.07) is 11.6. The second kappa shape index (κ2) is 5.05. The van der Waals surface area contributed by atoms with Crippen LogP contribution in [0.5, 0.6) is 0 Å². The quantitative estimate of drug-likeness (QED) is 0.749. The Hall–Kier alpha value is -2.21. The molecule has 0 saturated carbocycles. The molecule has 0 fully saturated rings. The van der Waals surface area contributed by atoms with Gasteiger partial charge in [-0.05, 0) is 17.7 Å². The van der Waals surface area contributed by atoms with E-state index in [1.54, 1.807) is 10.6 Å². The minimum atomic E-state index is -0.510. The fourth-order valence-electron chi connectivity index (χ4n) is 2.08. The van der Waals surface area contributed by atoms with Gasteiger partial charge in [0.2, 0.25) is 0 Å². The molecule has 0 unspecified atom stereocenters. The van der Waals surface area contributed by atoms with Gasteiger partial charge in [0.25, 0.3) is 5.91 Å². The van der Waals surface area contributed by atoms with Gasteiger partial charge in [-0.2, -0.15) is 5.10 Å². The average Bonchev–Trinajstić information content (AvgIpc) is 2.95. The van der Waals surface area contributed by atoms with E-state index >= 15 is 0 Å². The zero-order chi connectivity index (χ0) is 14.1. The number of nitrogens with two attached hydrogens (primary N) is 1. The molecule has 6 heteroatoms. The molecule has 100 valence electrons. The van der Waals surface area contributed by atoms with Crippen molar-refractivity contribution < 1.29 is 4.79 Å². The molecule has 2 N–H and O–H groups in total. The summed E-state index contributed by atoms with van der Waals surface area (Å²) in [5.41, 5.74) is 9.23. The summed E-state index contributed by atoms with van der Waals surface area (Å²) in [5, 5.41) is 4.98. The van der Waals surface area contributed by atoms with E-state index in [2.05, 4.69) is 26.0 Å². The van der Waals surface area contributed by atoms with Gasteiger partial charge in [0.05, 0.1) is 11.3 Å². The third kappa shape index (κ3) is 2.08. The maximum Gasteiger partial charge on any atom is 0.252 e. The smallest absolute Gasteiger partial charge is 0.252 e. The van der Waals surface area contributed by atoms with E-state index in [0.717, 1.165) is 16.6 Å². The van der Waals surface area contributed by atoms with Gasteiger partial charge in [-0.25, -0.2) is 9.50 Å². The van der Waals surface area contributed by atoms with E-state index in [0.29, 0.717) is 11.2 Å². The number of rotatable bonds is 3. The molecule has 3 aromatic rings. The number of hydrogen-bond donors (Lipinski definition) is 1. The van der Waals surface area contributed by atoms with E-state index in [4.69, 9.17) is 5.73 Å². The van der Waals surface area contributed by atoms with Crippen molar-refractivity contribution in [2.75, 3.05) is 0 Å². The van der Waals surface area contributed by atoms with Crippen LogP contribution in [0, 0.1) is 0 Å². The summed E-state index contributed by atoms with van der Waals surface area (Å²) in [7, 11) is 0. The van der Waals surface area contributed by atoms with Crippen LogP contribution >= 0.6 is 15.9 Å². The molecule has 2 heterocycles. The van der Waals surface area contributed by atoms with Gasteiger partial charge >= 0.3 is 0 Å². The first-order valence-electron chi connectivity index (χ1n) is 5.98. The van der Waals surface area contributed by atoms with Crippen LogP contribution in [0.15, 0.2) is 42.7 Å². The standard InChI is InChI=1S/C14H11BrN4O/c15-7-9-1-3-10(4-2-9)12-6-5-11(13(16)20)14-17-8-18-19(12)14/h1-6,8H,7H2,(H2,16,20). The lowest BCUT2D eigenvalue weighted by Crippen LogP contribution is -2.13. The highest BCUT2D eigenvalue weighted by molar-refractivity contribution is 9.08. The van der Waals surface area contributed by atoms with Gasteiger partial charge in [0, 0.05) is 10.9 Å². The molecule has 1 amide bonds. The predicted molar refractivity (Wildman–Crippen MR) is 79.6 cm³/mol. The highest BCUT2D eigenvalue weighted by atomic mass is 79.9. The minimum Gasteiger partial charge on any atom is -0.365 e. The number of hydrogen-bond acceptors (Lipinski definition) is 3. The summed E-state index contributed by atoms with van der Waals surface area (Å²) in [4.78, 5) is 15.5. The van der Waals surface area contributed by atoms with Crippen molar-refractivity contribution in [1.29, 1.82) is 0 Å². The monoisotopic (exact) mass is 330 g/mol. The number of aromatic nitrogens is 3. The van der Waals surface area contributed by atoms with Crippen LogP contribution in [0.3, 0.4) is 0 Å². The number of carbonyl (C=O) groups excluding carboxylic acids is 1. The molecule has 20 heavy (non-hydrogen) atoms. The summed E-state index contributed by atoms with van der Waals surface area (Å²) in [5.74, 6) is -0.510. The number of alkyl halides is 1. The first kappa shape index (κ1) is 12.8. The number of amides is 1. The van der Waals surface area contributed by atoms with Crippen molar-refractivity contribution in [2.24, 2.45) is 5.73 Å². The van der Waals surface area contributed by atoms with Gasteiger partial charge < -0.3 is 5.73 Å². The van der Waals surface area contributed by atoms with Crippen LogP contribution in [0.2, 0.25) is 0 Å². The lowest BCUT2D eigenvalue weighted by molar-refractivity contribution is 0.100. The lowest BCUT2D eigenvalue weighted by Gasteiger charge is -2.07. The SMILES string of the molecule is NC(=O)c1ccc(-c2ccc(CBr)cc2)n2ncnc12. The van der Waals surface area contributed by atoms with E-state index in [-0.39, 0.29) is 0 Å². The van der Waals surface area contributed by atoms with E-state index in [1.807, 2.05) is 30.3 Å². The third-order valence-corrected chi connectivity index (χ3v) is 3.74. The summed E-state index contributed by atoms with van der Waals surface area (Å²) in [6.45, 7) is 0. The van der Waals surface area contributed by atoms with Crippen molar-refractivity contribution in [3.8, 4) is 11.3 Å². The van der Waals surface area contributed by atoms with Crippen LogP contribution in [0.1, 0.15) is 15.9 Å². The number of benzene rings is 1. The molecule has 0 aliphatic heterocycles. The molecule has 0 saturated heterocycles. The van der Waals surface area contributed by atoms with Crippen LogP contribution < -0.4 is 5.73 Å². The lowest BCUT2D eigenvalue weighted by atomic mass is 10.1. The van der Waals surface area contributed by atoms with Crippen molar-refractivity contribution >= 4 is 27.5 Å². The number of carbonyl (C=O) groups is 1. The Morgan fingerprint density at radius 2 is 1.95 bits per heavy atom.